The van der Waals surface area contributed by atoms with Gasteiger partial charge in [0, 0.05) is 25.7 Å². The minimum atomic E-state index is -0.509. The lowest BCUT2D eigenvalue weighted by molar-refractivity contribution is 0.0622. The molecule has 104 valence electrons. The second-order valence-corrected chi connectivity index (χ2v) is 5.06. The first-order valence-electron chi connectivity index (χ1n) is 6.52. The fourth-order valence-electron chi connectivity index (χ4n) is 2.61. The maximum atomic E-state index is 13.6. The average Bonchev–Trinajstić information content (AvgIpc) is 2.38. The summed E-state index contributed by atoms with van der Waals surface area (Å²) < 4.78 is 13.6. The highest BCUT2D eigenvalue weighted by Gasteiger charge is 2.29. The van der Waals surface area contributed by atoms with Crippen molar-refractivity contribution < 1.29 is 14.3 Å². The van der Waals surface area contributed by atoms with E-state index in [9.17, 15) is 9.18 Å². The van der Waals surface area contributed by atoms with E-state index in [2.05, 4.69) is 0 Å². The second kappa shape index (κ2) is 6.12. The third kappa shape index (κ3) is 3.30. The van der Waals surface area contributed by atoms with E-state index in [4.69, 9.17) is 10.8 Å². The number of aliphatic hydroxyl groups is 1. The lowest BCUT2D eigenvalue weighted by atomic mass is 9.92. The number of carbonyl (C=O) groups is 1. The van der Waals surface area contributed by atoms with Crippen LogP contribution in [0.25, 0.3) is 0 Å². The molecule has 1 saturated heterocycles. The van der Waals surface area contributed by atoms with Crippen LogP contribution in [0.15, 0.2) is 24.3 Å². The molecule has 0 aliphatic carbocycles. The molecule has 1 aliphatic rings. The van der Waals surface area contributed by atoms with Crippen LogP contribution in [-0.2, 0) is 0 Å². The summed E-state index contributed by atoms with van der Waals surface area (Å²) in [6, 6.07) is 5.86. The number of hydrogen-bond acceptors (Lipinski definition) is 3. The highest BCUT2D eigenvalue weighted by molar-refractivity contribution is 5.94. The number of likely N-dealkylation sites (tertiary alicyclic amines) is 1. The van der Waals surface area contributed by atoms with Gasteiger partial charge in [0.05, 0.1) is 5.56 Å². The maximum absolute atomic E-state index is 13.6. The Kier molecular flexibility index (Phi) is 4.50. The van der Waals surface area contributed by atoms with Crippen molar-refractivity contribution in [1.29, 1.82) is 0 Å². The van der Waals surface area contributed by atoms with Crippen molar-refractivity contribution in [2.75, 3.05) is 19.7 Å². The molecular weight excluding hydrogens is 247 g/mol. The van der Waals surface area contributed by atoms with Crippen LogP contribution in [0.3, 0.4) is 0 Å². The number of nitrogens with zero attached hydrogens (tertiary/aromatic N) is 1. The number of nitrogens with two attached hydrogens (primary N) is 1. The smallest absolute Gasteiger partial charge is 0.256 e. The molecule has 1 aliphatic heterocycles. The van der Waals surface area contributed by atoms with E-state index in [1.54, 1.807) is 17.0 Å². The van der Waals surface area contributed by atoms with Gasteiger partial charge in [0.1, 0.15) is 5.82 Å². The van der Waals surface area contributed by atoms with Crippen LogP contribution in [0, 0.1) is 11.7 Å². The van der Waals surface area contributed by atoms with Gasteiger partial charge in [-0.3, -0.25) is 4.79 Å². The molecule has 5 heteroatoms. The summed E-state index contributed by atoms with van der Waals surface area (Å²) >= 11 is 0. The highest BCUT2D eigenvalue weighted by Crippen LogP contribution is 2.21. The van der Waals surface area contributed by atoms with Gasteiger partial charge in [-0.05, 0) is 30.9 Å². The zero-order chi connectivity index (χ0) is 13.8. The largest absolute Gasteiger partial charge is 0.396 e. The molecule has 3 N–H and O–H groups in total. The molecule has 19 heavy (non-hydrogen) atoms. The van der Waals surface area contributed by atoms with Gasteiger partial charge in [-0.15, -0.1) is 0 Å². The summed E-state index contributed by atoms with van der Waals surface area (Å²) in [7, 11) is 0. The average molecular weight is 266 g/mol. The Morgan fingerprint density at radius 3 is 2.84 bits per heavy atom. The molecule has 1 heterocycles. The van der Waals surface area contributed by atoms with E-state index in [-0.39, 0.29) is 30.0 Å². The van der Waals surface area contributed by atoms with Crippen LogP contribution in [-0.4, -0.2) is 41.7 Å². The van der Waals surface area contributed by atoms with E-state index < -0.39 is 5.82 Å². The molecular formula is C14H19FN2O2. The highest BCUT2D eigenvalue weighted by atomic mass is 19.1. The lowest BCUT2D eigenvalue weighted by Gasteiger charge is -2.36. The number of amides is 1. The molecule has 1 aromatic carbocycles. The van der Waals surface area contributed by atoms with Crippen molar-refractivity contribution in [3.05, 3.63) is 35.6 Å². The first-order valence-corrected chi connectivity index (χ1v) is 6.52. The van der Waals surface area contributed by atoms with Gasteiger partial charge in [0.15, 0.2) is 0 Å². The van der Waals surface area contributed by atoms with Crippen molar-refractivity contribution in [3.63, 3.8) is 0 Å². The topological polar surface area (TPSA) is 66.6 Å². The van der Waals surface area contributed by atoms with E-state index in [1.807, 2.05) is 0 Å². The molecule has 1 amide bonds. The molecule has 2 atom stereocenters. The zero-order valence-corrected chi connectivity index (χ0v) is 10.8. The number of aliphatic hydroxyl groups excluding tert-OH is 1. The number of halogens is 1. The Morgan fingerprint density at radius 1 is 1.42 bits per heavy atom. The predicted molar refractivity (Wildman–Crippen MR) is 70.1 cm³/mol. The fourth-order valence-corrected chi connectivity index (χ4v) is 2.61. The van der Waals surface area contributed by atoms with Gasteiger partial charge in [0.2, 0.25) is 0 Å². The summed E-state index contributed by atoms with van der Waals surface area (Å²) in [6.45, 7) is 1.05. The van der Waals surface area contributed by atoms with Gasteiger partial charge in [-0.25, -0.2) is 4.39 Å². The van der Waals surface area contributed by atoms with Crippen molar-refractivity contribution in [1.82, 2.24) is 4.90 Å². The Balaban J connectivity index is 2.12. The Labute approximate surface area is 112 Å². The van der Waals surface area contributed by atoms with Crippen molar-refractivity contribution in [2.24, 2.45) is 11.7 Å². The normalized spacial score (nSPS) is 23.4. The van der Waals surface area contributed by atoms with Crippen molar-refractivity contribution >= 4 is 5.91 Å². The monoisotopic (exact) mass is 266 g/mol. The van der Waals surface area contributed by atoms with E-state index in [0.717, 1.165) is 6.42 Å². The Morgan fingerprint density at radius 2 is 2.16 bits per heavy atom. The van der Waals surface area contributed by atoms with Gasteiger partial charge in [-0.2, -0.15) is 0 Å². The fraction of sp³-hybridized carbons (Fsp3) is 0.500. The van der Waals surface area contributed by atoms with Gasteiger partial charge in [-0.1, -0.05) is 12.1 Å². The first kappa shape index (κ1) is 14.0. The van der Waals surface area contributed by atoms with Crippen LogP contribution >= 0.6 is 0 Å². The summed E-state index contributed by atoms with van der Waals surface area (Å²) in [6.07, 6.45) is 1.41. The van der Waals surface area contributed by atoms with Crippen LogP contribution in [0.1, 0.15) is 23.2 Å². The number of hydrogen-bond donors (Lipinski definition) is 2. The van der Waals surface area contributed by atoms with Crippen LogP contribution in [0.2, 0.25) is 0 Å². The maximum Gasteiger partial charge on any atom is 0.256 e. The summed E-state index contributed by atoms with van der Waals surface area (Å²) in [5.41, 5.74) is 6.01. The summed E-state index contributed by atoms with van der Waals surface area (Å²) in [5, 5.41) is 8.99. The number of rotatable bonds is 3. The third-order valence-corrected chi connectivity index (χ3v) is 3.50. The molecule has 0 radical (unpaired) electrons. The molecule has 1 aromatic rings. The molecule has 0 bridgehead atoms. The standard InChI is InChI=1S/C14H19FN2O2/c15-13-4-2-1-3-12(13)14(19)17-8-10(5-6-18)7-11(16)9-17/h1-4,10-11,18H,5-9,16H2. The second-order valence-electron chi connectivity index (χ2n) is 5.06. The predicted octanol–water partition coefficient (Wildman–Crippen LogP) is 0.997. The van der Waals surface area contributed by atoms with Gasteiger partial charge < -0.3 is 15.7 Å². The van der Waals surface area contributed by atoms with Crippen LogP contribution < -0.4 is 5.73 Å². The lowest BCUT2D eigenvalue weighted by Crippen LogP contribution is -2.49. The molecule has 0 saturated carbocycles. The van der Waals surface area contributed by atoms with Gasteiger partial charge >= 0.3 is 0 Å². The minimum absolute atomic E-state index is 0.0825. The minimum Gasteiger partial charge on any atom is -0.396 e. The number of carbonyl (C=O) groups excluding carboxylic acids is 1. The molecule has 2 rings (SSSR count). The molecule has 1 fully saturated rings. The SMILES string of the molecule is NC1CC(CCO)CN(C(=O)c2ccccc2F)C1. The molecule has 0 aromatic heterocycles. The van der Waals surface area contributed by atoms with Crippen LogP contribution in [0.4, 0.5) is 4.39 Å². The van der Waals surface area contributed by atoms with E-state index >= 15 is 0 Å². The summed E-state index contributed by atoms with van der Waals surface area (Å²) in [5.74, 6) is -0.647. The van der Waals surface area contributed by atoms with Gasteiger partial charge in [0.25, 0.3) is 5.91 Å². The molecule has 4 nitrogen and oxygen atoms in total. The zero-order valence-electron chi connectivity index (χ0n) is 10.8. The third-order valence-electron chi connectivity index (χ3n) is 3.50. The summed E-state index contributed by atoms with van der Waals surface area (Å²) in [4.78, 5) is 13.9. The Hall–Kier alpha value is -1.46. The van der Waals surface area contributed by atoms with Crippen molar-refractivity contribution in [2.45, 2.75) is 18.9 Å². The Bertz CT molecular complexity index is 453. The first-order chi connectivity index (χ1) is 9.11. The van der Waals surface area contributed by atoms with Crippen LogP contribution in [0.5, 0.6) is 0 Å². The van der Waals surface area contributed by atoms with E-state index in [0.29, 0.717) is 19.5 Å². The van der Waals surface area contributed by atoms with Crippen molar-refractivity contribution in [3.8, 4) is 0 Å². The number of piperidine rings is 1. The number of benzene rings is 1. The van der Waals surface area contributed by atoms with E-state index in [1.165, 1.54) is 12.1 Å². The molecule has 2 unspecified atom stereocenters. The quantitative estimate of drug-likeness (QED) is 0.857. The molecule has 0 spiro atoms.